The third-order valence-corrected chi connectivity index (χ3v) is 6.66. The van der Waals surface area contributed by atoms with Gasteiger partial charge >= 0.3 is 0 Å². The molecular formula is C24H28FNO4. The molecule has 2 fully saturated rings. The lowest BCUT2D eigenvalue weighted by atomic mass is 9.66. The highest BCUT2D eigenvalue weighted by molar-refractivity contribution is 5.94. The zero-order valence-corrected chi connectivity index (χ0v) is 17.4. The van der Waals surface area contributed by atoms with Crippen LogP contribution in [0.5, 0.6) is 11.5 Å². The maximum Gasteiger partial charge on any atom is 0.254 e. The maximum atomic E-state index is 13.8. The molecule has 3 atom stereocenters. The largest absolute Gasteiger partial charge is 0.497 e. The molecule has 1 aliphatic heterocycles. The molecule has 0 unspecified atom stereocenters. The first-order valence-corrected chi connectivity index (χ1v) is 10.5. The van der Waals surface area contributed by atoms with Gasteiger partial charge in [0.05, 0.1) is 25.9 Å². The molecule has 1 saturated carbocycles. The number of ether oxygens (including phenoxy) is 2. The number of hydrogen-bond donors (Lipinski definition) is 1. The molecule has 4 rings (SSSR count). The summed E-state index contributed by atoms with van der Waals surface area (Å²) in [5.41, 5.74) is 0.342. The Hall–Kier alpha value is -2.60. The second kappa shape index (κ2) is 8.26. The van der Waals surface area contributed by atoms with Crippen molar-refractivity contribution in [1.82, 2.24) is 4.90 Å². The second-order valence-electron chi connectivity index (χ2n) is 8.27. The van der Waals surface area contributed by atoms with Crippen molar-refractivity contribution in [2.75, 3.05) is 20.8 Å². The first-order valence-electron chi connectivity index (χ1n) is 10.5. The molecule has 160 valence electrons. The monoisotopic (exact) mass is 413 g/mol. The Balaban J connectivity index is 1.80. The lowest BCUT2D eigenvalue weighted by Crippen LogP contribution is -2.56. The lowest BCUT2D eigenvalue weighted by molar-refractivity contribution is -0.115. The fourth-order valence-corrected chi connectivity index (χ4v) is 5.14. The highest BCUT2D eigenvalue weighted by Gasteiger charge is 2.51. The molecule has 1 N–H and O–H groups in total. The van der Waals surface area contributed by atoms with Gasteiger partial charge in [-0.15, -0.1) is 0 Å². The molecule has 1 saturated heterocycles. The van der Waals surface area contributed by atoms with Gasteiger partial charge in [0.1, 0.15) is 17.3 Å². The van der Waals surface area contributed by atoms with E-state index in [4.69, 9.17) is 9.47 Å². The Morgan fingerprint density at radius 1 is 1.13 bits per heavy atom. The molecule has 0 spiro atoms. The third kappa shape index (κ3) is 3.65. The minimum absolute atomic E-state index is 0.111. The average molecular weight is 413 g/mol. The molecule has 0 radical (unpaired) electrons. The van der Waals surface area contributed by atoms with Gasteiger partial charge in [0.15, 0.2) is 0 Å². The van der Waals surface area contributed by atoms with E-state index in [0.29, 0.717) is 30.0 Å². The van der Waals surface area contributed by atoms with Crippen molar-refractivity contribution in [3.63, 3.8) is 0 Å². The first kappa shape index (κ1) is 20.7. The molecule has 0 bridgehead atoms. The number of piperidine rings is 1. The molecule has 2 aromatic carbocycles. The molecule has 2 aromatic rings. The normalized spacial score (nSPS) is 26.1. The molecule has 1 aliphatic carbocycles. The summed E-state index contributed by atoms with van der Waals surface area (Å²) >= 11 is 0. The van der Waals surface area contributed by atoms with Crippen LogP contribution in [-0.2, 0) is 0 Å². The Morgan fingerprint density at radius 2 is 1.97 bits per heavy atom. The second-order valence-corrected chi connectivity index (χ2v) is 8.27. The van der Waals surface area contributed by atoms with Crippen LogP contribution in [0.15, 0.2) is 42.5 Å². The van der Waals surface area contributed by atoms with Gasteiger partial charge < -0.3 is 19.5 Å². The number of benzene rings is 2. The van der Waals surface area contributed by atoms with Crippen molar-refractivity contribution in [3.05, 3.63) is 59.4 Å². The standard InChI is InChI=1S/C24H28FNO4/c1-29-18-9-10-19(21(15-18)30-2)22-20-8-3-4-11-24(20,28)12-13-26(22)23(27)16-6-5-7-17(25)14-16/h5-7,9-10,14-15,20,22,28H,3-4,8,11-13H2,1-2H3/t20-,22-,24+/m0/s1. The van der Waals surface area contributed by atoms with Crippen LogP contribution in [0.2, 0.25) is 0 Å². The quantitative estimate of drug-likeness (QED) is 0.810. The summed E-state index contributed by atoms with van der Waals surface area (Å²) < 4.78 is 24.8. The van der Waals surface area contributed by atoms with E-state index in [0.717, 1.165) is 31.2 Å². The molecule has 1 amide bonds. The minimum atomic E-state index is -0.813. The van der Waals surface area contributed by atoms with E-state index in [1.165, 1.54) is 12.1 Å². The van der Waals surface area contributed by atoms with Crippen molar-refractivity contribution in [2.45, 2.75) is 43.7 Å². The van der Waals surface area contributed by atoms with Crippen molar-refractivity contribution in [2.24, 2.45) is 5.92 Å². The summed E-state index contributed by atoms with van der Waals surface area (Å²) in [4.78, 5) is 15.2. The number of aliphatic hydroxyl groups is 1. The number of carbonyl (C=O) groups excluding carboxylic acids is 1. The smallest absolute Gasteiger partial charge is 0.254 e. The first-order chi connectivity index (χ1) is 14.5. The van der Waals surface area contributed by atoms with Crippen molar-refractivity contribution in [1.29, 1.82) is 0 Å². The minimum Gasteiger partial charge on any atom is -0.497 e. The summed E-state index contributed by atoms with van der Waals surface area (Å²) in [6.07, 6.45) is 4.06. The number of hydrogen-bond acceptors (Lipinski definition) is 4. The zero-order valence-electron chi connectivity index (χ0n) is 17.4. The van der Waals surface area contributed by atoms with Crippen molar-refractivity contribution < 1.29 is 23.8 Å². The van der Waals surface area contributed by atoms with Crippen LogP contribution in [0.1, 0.15) is 54.1 Å². The van der Waals surface area contributed by atoms with Gasteiger partial charge in [-0.25, -0.2) is 4.39 Å². The number of rotatable bonds is 4. The van der Waals surface area contributed by atoms with E-state index in [-0.39, 0.29) is 17.9 Å². The van der Waals surface area contributed by atoms with E-state index >= 15 is 0 Å². The van der Waals surface area contributed by atoms with E-state index in [1.54, 1.807) is 37.3 Å². The molecule has 2 aliphatic rings. The van der Waals surface area contributed by atoms with Gasteiger partial charge in [-0.3, -0.25) is 4.79 Å². The average Bonchev–Trinajstić information content (AvgIpc) is 2.77. The predicted octanol–water partition coefficient (Wildman–Crippen LogP) is 4.35. The third-order valence-electron chi connectivity index (χ3n) is 6.66. The molecule has 0 aromatic heterocycles. The highest BCUT2D eigenvalue weighted by atomic mass is 19.1. The van der Waals surface area contributed by atoms with Gasteiger partial charge in [0, 0.05) is 29.7 Å². The van der Waals surface area contributed by atoms with Gasteiger partial charge in [-0.2, -0.15) is 0 Å². The van der Waals surface area contributed by atoms with Crippen LogP contribution in [0.4, 0.5) is 4.39 Å². The fraction of sp³-hybridized carbons (Fsp3) is 0.458. The Bertz CT molecular complexity index is 933. The Morgan fingerprint density at radius 3 is 2.70 bits per heavy atom. The molecule has 6 heteroatoms. The number of carbonyl (C=O) groups is 1. The van der Waals surface area contributed by atoms with E-state index < -0.39 is 11.4 Å². The van der Waals surface area contributed by atoms with Crippen LogP contribution < -0.4 is 9.47 Å². The number of methoxy groups -OCH3 is 2. The van der Waals surface area contributed by atoms with E-state index in [9.17, 15) is 14.3 Å². The lowest BCUT2D eigenvalue weighted by Gasteiger charge is -2.52. The van der Waals surface area contributed by atoms with Crippen LogP contribution in [-0.4, -0.2) is 42.3 Å². The van der Waals surface area contributed by atoms with Crippen LogP contribution in [0.25, 0.3) is 0 Å². The Labute approximate surface area is 176 Å². The van der Waals surface area contributed by atoms with Gasteiger partial charge in [0.25, 0.3) is 5.91 Å². The van der Waals surface area contributed by atoms with Crippen LogP contribution in [0, 0.1) is 11.7 Å². The number of nitrogens with zero attached hydrogens (tertiary/aromatic N) is 1. The summed E-state index contributed by atoms with van der Waals surface area (Å²) in [5, 5.41) is 11.4. The van der Waals surface area contributed by atoms with E-state index in [1.807, 2.05) is 12.1 Å². The summed E-state index contributed by atoms with van der Waals surface area (Å²) in [6, 6.07) is 11.0. The molecule has 30 heavy (non-hydrogen) atoms. The summed E-state index contributed by atoms with van der Waals surface area (Å²) in [6.45, 7) is 0.405. The summed E-state index contributed by atoms with van der Waals surface area (Å²) in [5.74, 6) is 0.495. The van der Waals surface area contributed by atoms with Crippen molar-refractivity contribution in [3.8, 4) is 11.5 Å². The highest BCUT2D eigenvalue weighted by Crippen LogP contribution is 2.51. The number of amides is 1. The number of halogens is 1. The number of likely N-dealkylation sites (tertiary alicyclic amines) is 1. The predicted molar refractivity (Wildman–Crippen MR) is 111 cm³/mol. The molecule has 1 heterocycles. The summed E-state index contributed by atoms with van der Waals surface area (Å²) in [7, 11) is 3.18. The SMILES string of the molecule is COc1ccc([C@H]2[C@@H]3CCCC[C@@]3(O)CCN2C(=O)c2cccc(F)c2)c(OC)c1. The van der Waals surface area contributed by atoms with Gasteiger partial charge in [-0.1, -0.05) is 18.9 Å². The number of fused-ring (bicyclic) bond motifs is 1. The maximum absolute atomic E-state index is 13.8. The van der Waals surface area contributed by atoms with Crippen molar-refractivity contribution >= 4 is 5.91 Å². The zero-order chi connectivity index (χ0) is 21.3. The van der Waals surface area contributed by atoms with Crippen LogP contribution >= 0.6 is 0 Å². The van der Waals surface area contributed by atoms with E-state index in [2.05, 4.69) is 0 Å². The molecular weight excluding hydrogens is 385 g/mol. The Kier molecular flexibility index (Phi) is 5.69. The fourth-order valence-electron chi connectivity index (χ4n) is 5.14. The molecule has 5 nitrogen and oxygen atoms in total. The van der Waals surface area contributed by atoms with Gasteiger partial charge in [-0.05, 0) is 49.6 Å². The topological polar surface area (TPSA) is 59.0 Å². The van der Waals surface area contributed by atoms with Crippen LogP contribution in [0.3, 0.4) is 0 Å². The van der Waals surface area contributed by atoms with Gasteiger partial charge in [0.2, 0.25) is 0 Å².